The summed E-state index contributed by atoms with van der Waals surface area (Å²) in [5.41, 5.74) is 4.04. The molecule has 31 heavy (non-hydrogen) atoms. The molecule has 2 aromatic heterocycles. The molecular weight excluding hydrogens is 411 g/mol. The fourth-order valence-corrected chi connectivity index (χ4v) is 4.47. The van der Waals surface area contributed by atoms with Gasteiger partial charge in [-0.15, -0.1) is 0 Å². The van der Waals surface area contributed by atoms with Crippen LogP contribution in [-0.4, -0.2) is 20.4 Å². The van der Waals surface area contributed by atoms with Crippen molar-refractivity contribution in [3.8, 4) is 0 Å². The summed E-state index contributed by atoms with van der Waals surface area (Å²) >= 11 is 1.47. The lowest BCUT2D eigenvalue weighted by Crippen LogP contribution is -2.26. The van der Waals surface area contributed by atoms with Crippen LogP contribution in [0.4, 0.5) is 10.1 Å². The number of fused-ring (bicyclic) bond motifs is 1. The Morgan fingerprint density at radius 1 is 1.16 bits per heavy atom. The summed E-state index contributed by atoms with van der Waals surface area (Å²) in [6, 6.07) is 17.4. The molecule has 0 saturated carbocycles. The van der Waals surface area contributed by atoms with Gasteiger partial charge in [0.05, 0.1) is 0 Å². The number of hydrogen-bond donors (Lipinski definition) is 1. The van der Waals surface area contributed by atoms with Crippen molar-refractivity contribution < 1.29 is 9.18 Å². The largest absolute Gasteiger partial charge is 0.324 e. The number of hydrogen-bond acceptors (Lipinski definition) is 4. The number of carbonyl (C=O) groups is 1. The van der Waals surface area contributed by atoms with Crippen molar-refractivity contribution >= 4 is 34.5 Å². The molecule has 0 radical (unpaired) electrons. The third-order valence-corrected chi connectivity index (χ3v) is 6.10. The molecule has 0 bridgehead atoms. The number of benzene rings is 2. The highest BCUT2D eigenvalue weighted by atomic mass is 32.2. The van der Waals surface area contributed by atoms with E-state index >= 15 is 0 Å². The van der Waals surface area contributed by atoms with Crippen LogP contribution in [0.15, 0.2) is 72.0 Å². The van der Waals surface area contributed by atoms with Crippen LogP contribution in [-0.2, 0) is 10.5 Å². The molecule has 2 aromatic carbocycles. The molecule has 4 aromatic rings. The Morgan fingerprint density at radius 2 is 2.00 bits per heavy atom. The monoisotopic (exact) mass is 434 g/mol. The van der Waals surface area contributed by atoms with Crippen molar-refractivity contribution in [3.63, 3.8) is 0 Å². The van der Waals surface area contributed by atoms with Gasteiger partial charge in [0.2, 0.25) is 5.91 Å². The van der Waals surface area contributed by atoms with E-state index < -0.39 is 6.04 Å². The molecule has 2 heterocycles. The predicted molar refractivity (Wildman–Crippen MR) is 123 cm³/mol. The Bertz CT molecular complexity index is 1220. The van der Waals surface area contributed by atoms with E-state index in [1.807, 2.05) is 60.9 Å². The fourth-order valence-electron chi connectivity index (χ4n) is 3.48. The predicted octanol–water partition coefficient (Wildman–Crippen LogP) is 5.76. The molecule has 0 fully saturated rings. The number of thioether (sulfide) groups is 1. The van der Waals surface area contributed by atoms with Crippen molar-refractivity contribution in [3.05, 3.63) is 83.8 Å². The lowest BCUT2D eigenvalue weighted by atomic mass is 10.1. The Morgan fingerprint density at radius 3 is 2.77 bits per heavy atom. The number of halogens is 1. The van der Waals surface area contributed by atoms with Crippen LogP contribution in [0.2, 0.25) is 0 Å². The van der Waals surface area contributed by atoms with Crippen LogP contribution >= 0.6 is 11.8 Å². The second-order valence-electron chi connectivity index (χ2n) is 7.26. The molecule has 1 N–H and O–H groups in total. The molecule has 7 heteroatoms. The van der Waals surface area contributed by atoms with Crippen molar-refractivity contribution in [2.24, 2.45) is 0 Å². The Labute approximate surface area is 184 Å². The summed E-state index contributed by atoms with van der Waals surface area (Å²) in [4.78, 5) is 22.5. The fraction of sp³-hybridized carbons (Fsp3) is 0.208. The van der Waals surface area contributed by atoms with Gasteiger partial charge in [-0.25, -0.2) is 14.4 Å². The van der Waals surface area contributed by atoms with Crippen LogP contribution < -0.4 is 5.32 Å². The Hall–Kier alpha value is -3.19. The second kappa shape index (κ2) is 9.31. The van der Waals surface area contributed by atoms with Gasteiger partial charge in [0.25, 0.3) is 0 Å². The quantitative estimate of drug-likeness (QED) is 0.376. The zero-order chi connectivity index (χ0) is 21.8. The van der Waals surface area contributed by atoms with Crippen LogP contribution in [0.25, 0.3) is 11.2 Å². The summed E-state index contributed by atoms with van der Waals surface area (Å²) < 4.78 is 15.5. The van der Waals surface area contributed by atoms with Crippen molar-refractivity contribution in [1.29, 1.82) is 0 Å². The van der Waals surface area contributed by atoms with Crippen molar-refractivity contribution in [2.75, 3.05) is 5.32 Å². The lowest BCUT2D eigenvalue weighted by Gasteiger charge is -2.20. The average Bonchev–Trinajstić information content (AvgIpc) is 3.13. The molecule has 1 amide bonds. The van der Waals surface area contributed by atoms with Gasteiger partial charge in [-0.3, -0.25) is 9.36 Å². The minimum absolute atomic E-state index is 0.116. The first-order valence-electron chi connectivity index (χ1n) is 10.1. The maximum absolute atomic E-state index is 13.6. The summed E-state index contributed by atoms with van der Waals surface area (Å²) in [5, 5.41) is 3.73. The number of rotatable bonds is 7. The van der Waals surface area contributed by atoms with Crippen molar-refractivity contribution in [2.45, 2.75) is 37.2 Å². The van der Waals surface area contributed by atoms with Gasteiger partial charge in [-0.05, 0) is 54.8 Å². The molecule has 0 aliphatic heterocycles. The van der Waals surface area contributed by atoms with Crippen LogP contribution in [0.5, 0.6) is 0 Å². The first-order chi connectivity index (χ1) is 15.1. The topological polar surface area (TPSA) is 59.8 Å². The van der Waals surface area contributed by atoms with Crippen LogP contribution in [0, 0.1) is 12.7 Å². The summed E-state index contributed by atoms with van der Waals surface area (Å²) in [6.07, 6.45) is 2.28. The number of para-hydroxylation sites is 1. The number of amides is 1. The SMILES string of the molecule is CC[C@H](C(=O)Nc1ccccc1C)n1c(SCc2cccc(F)c2)nc2cccnc21. The normalized spacial score (nSPS) is 12.1. The smallest absolute Gasteiger partial charge is 0.247 e. The molecule has 0 saturated heterocycles. The number of aryl methyl sites for hydroxylation is 1. The summed E-state index contributed by atoms with van der Waals surface area (Å²) in [5.74, 6) is 0.156. The van der Waals surface area contributed by atoms with E-state index in [4.69, 9.17) is 4.98 Å². The molecule has 0 aliphatic carbocycles. The van der Waals surface area contributed by atoms with Gasteiger partial charge in [-0.1, -0.05) is 49.0 Å². The van der Waals surface area contributed by atoms with E-state index in [2.05, 4.69) is 10.3 Å². The van der Waals surface area contributed by atoms with Gasteiger partial charge in [-0.2, -0.15) is 0 Å². The second-order valence-corrected chi connectivity index (χ2v) is 8.20. The maximum atomic E-state index is 13.6. The van der Waals surface area contributed by atoms with E-state index in [9.17, 15) is 9.18 Å². The maximum Gasteiger partial charge on any atom is 0.247 e. The first-order valence-corrected chi connectivity index (χ1v) is 11.1. The number of imidazole rings is 1. The third kappa shape index (κ3) is 4.61. The molecule has 0 aliphatic rings. The number of nitrogens with zero attached hydrogens (tertiary/aromatic N) is 3. The van der Waals surface area contributed by atoms with Gasteiger partial charge in [0.1, 0.15) is 17.4 Å². The molecular formula is C24H23FN4OS. The van der Waals surface area contributed by atoms with E-state index in [1.165, 1.54) is 23.9 Å². The number of anilines is 1. The standard InChI is InChI=1S/C24H23FN4OS/c1-3-21(23(30)27-19-11-5-4-8-16(19)2)29-22-20(12-7-13-26-22)28-24(29)31-15-17-9-6-10-18(25)14-17/h4-14,21H,3,15H2,1-2H3,(H,27,30)/t21-/m1/s1. The zero-order valence-corrected chi connectivity index (χ0v) is 18.2. The average molecular weight is 435 g/mol. The first kappa shape index (κ1) is 21.1. The molecule has 0 spiro atoms. The minimum Gasteiger partial charge on any atom is -0.324 e. The van der Waals surface area contributed by atoms with Gasteiger partial charge in [0, 0.05) is 17.6 Å². The lowest BCUT2D eigenvalue weighted by molar-refractivity contribution is -0.119. The number of aromatic nitrogens is 3. The molecule has 1 atom stereocenters. The van der Waals surface area contributed by atoms with E-state index in [0.717, 1.165) is 22.3 Å². The number of nitrogens with one attached hydrogen (secondary N) is 1. The van der Waals surface area contributed by atoms with Gasteiger partial charge < -0.3 is 5.32 Å². The highest BCUT2D eigenvalue weighted by Gasteiger charge is 2.25. The molecule has 0 unspecified atom stereocenters. The van der Waals surface area contributed by atoms with Gasteiger partial charge >= 0.3 is 0 Å². The number of carbonyl (C=O) groups excluding carboxylic acids is 1. The minimum atomic E-state index is -0.477. The Kier molecular flexibility index (Phi) is 6.32. The number of pyridine rings is 1. The highest BCUT2D eigenvalue weighted by molar-refractivity contribution is 7.98. The highest BCUT2D eigenvalue weighted by Crippen LogP contribution is 2.31. The van der Waals surface area contributed by atoms with Crippen LogP contribution in [0.1, 0.15) is 30.5 Å². The van der Waals surface area contributed by atoms with E-state index in [0.29, 0.717) is 23.0 Å². The molecule has 5 nitrogen and oxygen atoms in total. The third-order valence-electron chi connectivity index (χ3n) is 5.08. The van der Waals surface area contributed by atoms with Crippen molar-refractivity contribution in [1.82, 2.24) is 14.5 Å². The molecule has 158 valence electrons. The Balaban J connectivity index is 1.67. The van der Waals surface area contributed by atoms with E-state index in [-0.39, 0.29) is 11.7 Å². The zero-order valence-electron chi connectivity index (χ0n) is 17.4. The molecule has 4 rings (SSSR count). The van der Waals surface area contributed by atoms with E-state index in [1.54, 1.807) is 12.3 Å². The summed E-state index contributed by atoms with van der Waals surface area (Å²) in [7, 11) is 0. The summed E-state index contributed by atoms with van der Waals surface area (Å²) in [6.45, 7) is 3.93. The van der Waals surface area contributed by atoms with Crippen LogP contribution in [0.3, 0.4) is 0 Å². The van der Waals surface area contributed by atoms with Gasteiger partial charge in [0.15, 0.2) is 10.8 Å².